The molecule has 1 heterocycles. The Balaban J connectivity index is 1.84. The number of unbranched alkanes of at least 4 members (excludes halogenated alkanes) is 3. The minimum atomic E-state index is -0.744. The highest BCUT2D eigenvalue weighted by molar-refractivity contribution is 5.99. The molecule has 1 amide bonds. The molecule has 0 aliphatic carbocycles. The number of carbonyl (C=O) groups is 2. The molecule has 0 aliphatic rings. The Bertz CT molecular complexity index is 1310. The second kappa shape index (κ2) is 12.0. The van der Waals surface area contributed by atoms with Gasteiger partial charge in [-0.15, -0.1) is 0 Å². The van der Waals surface area contributed by atoms with Gasteiger partial charge in [0.25, 0.3) is 11.5 Å². The quantitative estimate of drug-likeness (QED) is 0.320. The molecule has 0 saturated carbocycles. The van der Waals surface area contributed by atoms with Crippen molar-refractivity contribution < 1.29 is 14.3 Å². The average Bonchev–Trinajstić information content (AvgIpc) is 2.85. The van der Waals surface area contributed by atoms with Crippen LogP contribution < -0.4 is 21.9 Å². The summed E-state index contributed by atoms with van der Waals surface area (Å²) in [6.45, 7) is 3.95. The van der Waals surface area contributed by atoms with Crippen LogP contribution in [-0.2, 0) is 16.1 Å². The van der Waals surface area contributed by atoms with Crippen molar-refractivity contribution in [2.24, 2.45) is 0 Å². The highest BCUT2D eigenvalue weighted by Gasteiger charge is 2.25. The first-order chi connectivity index (χ1) is 16.9. The molecule has 9 nitrogen and oxygen atoms in total. The number of ether oxygens (including phenoxy) is 1. The molecule has 0 saturated heterocycles. The molecule has 0 radical (unpaired) electrons. The van der Waals surface area contributed by atoms with Crippen LogP contribution in [0.1, 0.15) is 56.3 Å². The highest BCUT2D eigenvalue weighted by atomic mass is 16.5. The number of nitrogens with zero attached hydrogens (tertiary/aromatic N) is 2. The number of carbonyl (C=O) groups excluding carboxylic acids is 2. The zero-order chi connectivity index (χ0) is 25.4. The number of anilines is 2. The summed E-state index contributed by atoms with van der Waals surface area (Å²) in [5.41, 5.74) is 5.07. The van der Waals surface area contributed by atoms with Gasteiger partial charge in [0.1, 0.15) is 5.82 Å². The zero-order valence-corrected chi connectivity index (χ0v) is 20.2. The normalized spacial score (nSPS) is 10.9. The van der Waals surface area contributed by atoms with E-state index >= 15 is 0 Å². The van der Waals surface area contributed by atoms with Crippen LogP contribution in [0.25, 0.3) is 10.8 Å². The summed E-state index contributed by atoms with van der Waals surface area (Å²) in [5.74, 6) is -1.31. The fourth-order valence-electron chi connectivity index (χ4n) is 3.86. The molecule has 3 N–H and O–H groups in total. The minimum Gasteiger partial charge on any atom is -0.452 e. The van der Waals surface area contributed by atoms with Crippen LogP contribution in [0.4, 0.5) is 11.5 Å². The molecule has 0 bridgehead atoms. The number of nitrogens with two attached hydrogens (primary N) is 1. The third-order valence-corrected chi connectivity index (χ3v) is 5.82. The lowest BCUT2D eigenvalue weighted by Gasteiger charge is -2.24. The molecule has 0 atom stereocenters. The number of aromatic nitrogens is 2. The van der Waals surface area contributed by atoms with Gasteiger partial charge in [-0.3, -0.25) is 19.1 Å². The number of esters is 1. The van der Waals surface area contributed by atoms with E-state index in [2.05, 4.69) is 4.98 Å². The van der Waals surface area contributed by atoms with Gasteiger partial charge in [-0.1, -0.05) is 63.4 Å². The number of aromatic amines is 1. The topological polar surface area (TPSA) is 127 Å². The molecule has 9 heteroatoms. The van der Waals surface area contributed by atoms with Crippen molar-refractivity contribution in [1.82, 2.24) is 9.55 Å². The van der Waals surface area contributed by atoms with Gasteiger partial charge in [0.15, 0.2) is 12.3 Å². The second-order valence-corrected chi connectivity index (χ2v) is 8.39. The Hall–Kier alpha value is -3.88. The van der Waals surface area contributed by atoms with E-state index in [0.29, 0.717) is 24.9 Å². The summed E-state index contributed by atoms with van der Waals surface area (Å²) in [6.07, 6.45) is 3.86. The second-order valence-electron chi connectivity index (χ2n) is 8.39. The number of hydrogen-bond acceptors (Lipinski definition) is 6. The number of rotatable bonds is 11. The Kier molecular flexibility index (Phi) is 8.83. The average molecular weight is 481 g/mol. The summed E-state index contributed by atoms with van der Waals surface area (Å²) in [6, 6.07) is 12.7. The number of H-pyrrole nitrogens is 1. The highest BCUT2D eigenvalue weighted by Crippen LogP contribution is 2.20. The number of hydrogen-bond donors (Lipinski definition) is 2. The van der Waals surface area contributed by atoms with Crippen LogP contribution in [0.5, 0.6) is 0 Å². The molecule has 35 heavy (non-hydrogen) atoms. The summed E-state index contributed by atoms with van der Waals surface area (Å²) in [4.78, 5) is 54.3. The third kappa shape index (κ3) is 6.17. The number of nitrogens with one attached hydrogen (secondary N) is 1. The van der Waals surface area contributed by atoms with Crippen molar-refractivity contribution in [1.29, 1.82) is 0 Å². The smallest absolute Gasteiger partial charge is 0.338 e. The largest absolute Gasteiger partial charge is 0.452 e. The predicted molar refractivity (Wildman–Crippen MR) is 137 cm³/mol. The van der Waals surface area contributed by atoms with Crippen LogP contribution in [0.2, 0.25) is 0 Å². The molecular weight excluding hydrogens is 448 g/mol. The van der Waals surface area contributed by atoms with Gasteiger partial charge in [0.2, 0.25) is 0 Å². The van der Waals surface area contributed by atoms with Gasteiger partial charge in [-0.05, 0) is 35.7 Å². The van der Waals surface area contributed by atoms with E-state index in [1.165, 1.54) is 9.47 Å². The van der Waals surface area contributed by atoms with Crippen LogP contribution in [0, 0.1) is 0 Å². The van der Waals surface area contributed by atoms with E-state index in [1.807, 2.05) is 44.2 Å². The van der Waals surface area contributed by atoms with Gasteiger partial charge in [-0.2, -0.15) is 0 Å². The fourth-order valence-corrected chi connectivity index (χ4v) is 3.86. The summed E-state index contributed by atoms with van der Waals surface area (Å²) in [5, 5.41) is 1.86. The van der Waals surface area contributed by atoms with Crippen molar-refractivity contribution in [3.63, 3.8) is 0 Å². The van der Waals surface area contributed by atoms with Crippen molar-refractivity contribution >= 4 is 34.2 Å². The van der Waals surface area contributed by atoms with E-state index in [-0.39, 0.29) is 18.1 Å². The maximum absolute atomic E-state index is 13.2. The van der Waals surface area contributed by atoms with Gasteiger partial charge >= 0.3 is 11.7 Å². The van der Waals surface area contributed by atoms with Crippen LogP contribution >= 0.6 is 0 Å². The monoisotopic (exact) mass is 480 g/mol. The van der Waals surface area contributed by atoms with E-state index in [1.54, 1.807) is 12.1 Å². The van der Waals surface area contributed by atoms with E-state index < -0.39 is 29.7 Å². The predicted octanol–water partition coefficient (Wildman–Crippen LogP) is 3.45. The molecule has 3 aromatic rings. The number of fused-ring (bicyclic) bond motifs is 1. The summed E-state index contributed by atoms with van der Waals surface area (Å²) >= 11 is 0. The Labute approximate surface area is 203 Å². The van der Waals surface area contributed by atoms with E-state index in [0.717, 1.165) is 30.0 Å². The summed E-state index contributed by atoms with van der Waals surface area (Å²) < 4.78 is 6.56. The lowest BCUT2D eigenvalue weighted by molar-refractivity contribution is -0.121. The van der Waals surface area contributed by atoms with Crippen molar-refractivity contribution in [3.05, 3.63) is 68.9 Å². The van der Waals surface area contributed by atoms with Crippen LogP contribution in [-0.4, -0.2) is 34.6 Å². The van der Waals surface area contributed by atoms with Crippen molar-refractivity contribution in [3.8, 4) is 0 Å². The molecule has 0 fully saturated rings. The number of nitrogen functional groups attached to an aromatic ring is 1. The first-order valence-corrected chi connectivity index (χ1v) is 12.0. The minimum absolute atomic E-state index is 0.0714. The van der Waals surface area contributed by atoms with E-state index in [4.69, 9.17) is 10.5 Å². The van der Waals surface area contributed by atoms with Crippen LogP contribution in [0.3, 0.4) is 0 Å². The zero-order valence-electron chi connectivity index (χ0n) is 20.2. The van der Waals surface area contributed by atoms with Crippen molar-refractivity contribution in [2.75, 3.05) is 23.8 Å². The Morgan fingerprint density at radius 2 is 1.71 bits per heavy atom. The molecule has 186 valence electrons. The summed E-state index contributed by atoms with van der Waals surface area (Å²) in [7, 11) is 0. The SMILES string of the molecule is CCCCCN(C(=O)COC(=O)c1ccc2ccccc2c1)c1c(N)n(CCCC)c(=O)[nH]c1=O. The third-order valence-electron chi connectivity index (χ3n) is 5.82. The van der Waals surface area contributed by atoms with E-state index in [9.17, 15) is 19.2 Å². The molecule has 3 rings (SSSR count). The van der Waals surface area contributed by atoms with Gasteiger partial charge in [0, 0.05) is 13.1 Å². The first kappa shape index (κ1) is 25.7. The molecule has 2 aromatic carbocycles. The lowest BCUT2D eigenvalue weighted by Crippen LogP contribution is -2.43. The Morgan fingerprint density at radius 1 is 1.00 bits per heavy atom. The van der Waals surface area contributed by atoms with Crippen molar-refractivity contribution in [2.45, 2.75) is 52.5 Å². The standard InChI is InChI=1S/C26H32N4O5/c1-3-5-9-15-29(22-23(27)30(14-6-4-2)26(34)28-24(22)32)21(31)17-35-25(33)20-13-12-18-10-7-8-11-19(18)16-20/h7-8,10-13,16H,3-6,9,14-15,17,27H2,1-2H3,(H,28,32,34). The maximum Gasteiger partial charge on any atom is 0.338 e. The molecule has 0 spiro atoms. The molecule has 1 aromatic heterocycles. The molecule has 0 unspecified atom stereocenters. The molecular formula is C26H32N4O5. The Morgan fingerprint density at radius 3 is 2.43 bits per heavy atom. The maximum atomic E-state index is 13.2. The van der Waals surface area contributed by atoms with Gasteiger partial charge in [0.05, 0.1) is 5.56 Å². The van der Waals surface area contributed by atoms with Gasteiger partial charge in [-0.25, -0.2) is 9.59 Å². The lowest BCUT2D eigenvalue weighted by atomic mass is 10.1. The number of amides is 1. The van der Waals surface area contributed by atoms with Crippen LogP contribution in [0.15, 0.2) is 52.1 Å². The van der Waals surface area contributed by atoms with Gasteiger partial charge < -0.3 is 15.4 Å². The molecule has 0 aliphatic heterocycles. The fraction of sp³-hybridized carbons (Fsp3) is 0.385. The number of benzene rings is 2. The first-order valence-electron chi connectivity index (χ1n) is 12.0.